The fourth-order valence-electron chi connectivity index (χ4n) is 4.15. The fraction of sp³-hybridized carbons (Fsp3) is 0.857. The van der Waals surface area contributed by atoms with Crippen LogP contribution in [0.4, 0.5) is 0 Å². The molecule has 3 heteroatoms. The molecule has 184 valence electrons. The normalized spacial score (nSPS) is 13.2. The van der Waals surface area contributed by atoms with E-state index in [2.05, 4.69) is 57.2 Å². The van der Waals surface area contributed by atoms with E-state index < -0.39 is 0 Å². The molecule has 0 heterocycles. The van der Waals surface area contributed by atoms with Crippen molar-refractivity contribution in [2.24, 2.45) is 0 Å². The van der Waals surface area contributed by atoms with Crippen LogP contribution in [-0.2, 0) is 4.74 Å². The van der Waals surface area contributed by atoms with Crippen molar-refractivity contribution in [1.29, 1.82) is 0 Å². The highest BCUT2D eigenvalue weighted by molar-refractivity contribution is 9.09. The summed E-state index contributed by atoms with van der Waals surface area (Å²) >= 11 is 7.09. The smallest absolute Gasteiger partial charge is 0.0578 e. The predicted octanol–water partition coefficient (Wildman–Crippen LogP) is 10.7. The average molecular weight is 565 g/mol. The van der Waals surface area contributed by atoms with Crippen LogP contribution in [0, 0.1) is 0 Å². The summed E-state index contributed by atoms with van der Waals surface area (Å²) in [4.78, 5) is 0. The number of rotatable bonds is 26. The van der Waals surface area contributed by atoms with Crippen molar-refractivity contribution in [2.75, 3.05) is 10.7 Å². The van der Waals surface area contributed by atoms with Crippen LogP contribution >= 0.6 is 31.9 Å². The number of unbranched alkanes of at least 4 members (excludes halogenated alkanes) is 12. The van der Waals surface area contributed by atoms with Gasteiger partial charge in [-0.2, -0.15) is 0 Å². The Morgan fingerprint density at radius 3 is 1.16 bits per heavy atom. The molecule has 0 bridgehead atoms. The Balaban J connectivity index is 4.50. The van der Waals surface area contributed by atoms with Gasteiger partial charge in [0.15, 0.2) is 0 Å². The average Bonchev–Trinajstić information content (AvgIpc) is 2.78. The van der Waals surface area contributed by atoms with Crippen molar-refractivity contribution in [3.05, 3.63) is 25.3 Å². The largest absolute Gasteiger partial charge is 0.375 e. The predicted molar refractivity (Wildman–Crippen MR) is 149 cm³/mol. The van der Waals surface area contributed by atoms with Crippen molar-refractivity contribution in [3.8, 4) is 0 Å². The van der Waals surface area contributed by atoms with Crippen molar-refractivity contribution < 1.29 is 4.74 Å². The summed E-state index contributed by atoms with van der Waals surface area (Å²) in [5.41, 5.74) is 0. The van der Waals surface area contributed by atoms with Crippen LogP contribution in [0.5, 0.6) is 0 Å². The van der Waals surface area contributed by atoms with Gasteiger partial charge < -0.3 is 4.74 Å². The first-order chi connectivity index (χ1) is 15.3. The van der Waals surface area contributed by atoms with Gasteiger partial charge in [-0.3, -0.25) is 0 Å². The summed E-state index contributed by atoms with van der Waals surface area (Å²) in [6, 6.07) is 0. The third kappa shape index (κ3) is 23.4. The summed E-state index contributed by atoms with van der Waals surface area (Å²) in [5, 5.41) is 2.29. The zero-order valence-corrected chi connectivity index (χ0v) is 23.6. The standard InChI is InChI=1S/C28H52Br2O/c1-3-5-7-15-21-27(23-17-11-9-13-19-25-29)31-28(22-16-8-6-4-2)24-18-12-10-14-20-26-30/h3-4,27-28H,1-2,5-26H2. The Bertz CT molecular complexity index is 338. The number of hydrogen-bond donors (Lipinski definition) is 0. The molecule has 0 aliphatic carbocycles. The second-order valence-corrected chi connectivity index (χ2v) is 10.6. The number of ether oxygens (including phenoxy) is 1. The van der Waals surface area contributed by atoms with Gasteiger partial charge in [0.1, 0.15) is 0 Å². The molecule has 0 aliphatic rings. The molecule has 1 nitrogen and oxygen atoms in total. The van der Waals surface area contributed by atoms with E-state index in [-0.39, 0.29) is 0 Å². The zero-order valence-electron chi connectivity index (χ0n) is 20.4. The molecule has 2 unspecified atom stereocenters. The lowest BCUT2D eigenvalue weighted by Gasteiger charge is -2.26. The van der Waals surface area contributed by atoms with Crippen molar-refractivity contribution in [2.45, 2.75) is 141 Å². The van der Waals surface area contributed by atoms with Crippen molar-refractivity contribution >= 4 is 31.9 Å². The van der Waals surface area contributed by atoms with Gasteiger partial charge in [-0.25, -0.2) is 0 Å². The Morgan fingerprint density at radius 2 is 0.806 bits per heavy atom. The maximum atomic E-state index is 6.80. The summed E-state index contributed by atoms with van der Waals surface area (Å²) < 4.78 is 6.80. The minimum absolute atomic E-state index is 0.457. The van der Waals surface area contributed by atoms with E-state index in [0.717, 1.165) is 23.5 Å². The van der Waals surface area contributed by atoms with E-state index in [0.29, 0.717) is 12.2 Å². The van der Waals surface area contributed by atoms with Crippen molar-refractivity contribution in [1.82, 2.24) is 0 Å². The van der Waals surface area contributed by atoms with Gasteiger partial charge in [-0.05, 0) is 64.2 Å². The van der Waals surface area contributed by atoms with Gasteiger partial charge in [0.25, 0.3) is 0 Å². The molecule has 0 rings (SSSR count). The lowest BCUT2D eigenvalue weighted by Crippen LogP contribution is -2.23. The molecule has 0 aromatic heterocycles. The Morgan fingerprint density at radius 1 is 0.484 bits per heavy atom. The van der Waals surface area contributed by atoms with Gasteiger partial charge in [-0.1, -0.05) is 108 Å². The zero-order chi connectivity index (χ0) is 22.8. The quantitative estimate of drug-likeness (QED) is 0.0577. The second-order valence-electron chi connectivity index (χ2n) is 9.02. The maximum Gasteiger partial charge on any atom is 0.0578 e. The topological polar surface area (TPSA) is 9.23 Å². The molecular weight excluding hydrogens is 512 g/mol. The Hall–Kier alpha value is 0.400. The molecule has 0 N–H and O–H groups in total. The van der Waals surface area contributed by atoms with Gasteiger partial charge in [0, 0.05) is 10.7 Å². The molecular formula is C28H52Br2O. The molecule has 0 fully saturated rings. The minimum Gasteiger partial charge on any atom is -0.375 e. The lowest BCUT2D eigenvalue weighted by atomic mass is 10.0. The van der Waals surface area contributed by atoms with Crippen LogP contribution in [-0.4, -0.2) is 22.9 Å². The molecule has 31 heavy (non-hydrogen) atoms. The van der Waals surface area contributed by atoms with Crippen molar-refractivity contribution in [3.63, 3.8) is 0 Å². The first-order valence-corrected chi connectivity index (χ1v) is 15.5. The fourth-order valence-corrected chi connectivity index (χ4v) is 4.94. The maximum absolute atomic E-state index is 6.80. The van der Waals surface area contributed by atoms with E-state index in [1.807, 2.05) is 0 Å². The van der Waals surface area contributed by atoms with Crippen LogP contribution in [0.1, 0.15) is 128 Å². The molecule has 0 radical (unpaired) electrons. The van der Waals surface area contributed by atoms with Gasteiger partial charge in [-0.15, -0.1) is 13.2 Å². The third-order valence-electron chi connectivity index (χ3n) is 6.07. The SMILES string of the molecule is C=CCCCCC(CCCCCCCBr)OC(CCCCC=C)CCCCCCCBr. The summed E-state index contributed by atoms with van der Waals surface area (Å²) in [7, 11) is 0. The number of allylic oxidation sites excluding steroid dienone is 2. The molecule has 0 aromatic rings. The number of halogens is 2. The summed E-state index contributed by atoms with van der Waals surface area (Å²) in [6.45, 7) is 7.75. The van der Waals surface area contributed by atoms with Crippen LogP contribution in [0.2, 0.25) is 0 Å². The van der Waals surface area contributed by atoms with Gasteiger partial charge in [0.05, 0.1) is 12.2 Å². The van der Waals surface area contributed by atoms with E-state index in [1.165, 1.54) is 116 Å². The number of hydrogen-bond acceptors (Lipinski definition) is 1. The molecule has 0 spiro atoms. The molecule has 0 saturated carbocycles. The second kappa shape index (κ2) is 26.7. The highest BCUT2D eigenvalue weighted by atomic mass is 79.9. The monoisotopic (exact) mass is 562 g/mol. The highest BCUT2D eigenvalue weighted by Gasteiger charge is 2.16. The molecule has 2 atom stereocenters. The minimum atomic E-state index is 0.457. The van der Waals surface area contributed by atoms with Crippen LogP contribution in [0.3, 0.4) is 0 Å². The van der Waals surface area contributed by atoms with Gasteiger partial charge in [0.2, 0.25) is 0 Å². The van der Waals surface area contributed by atoms with E-state index in [9.17, 15) is 0 Å². The third-order valence-corrected chi connectivity index (χ3v) is 7.19. The highest BCUT2D eigenvalue weighted by Crippen LogP contribution is 2.22. The van der Waals surface area contributed by atoms with E-state index in [4.69, 9.17) is 4.74 Å². The molecule has 0 aliphatic heterocycles. The summed E-state index contributed by atoms with van der Waals surface area (Å²) in [6.07, 6.45) is 30.7. The first-order valence-electron chi connectivity index (χ1n) is 13.3. The Kier molecular flexibility index (Phi) is 27.0. The molecule has 0 amide bonds. The molecule has 0 saturated heterocycles. The summed E-state index contributed by atoms with van der Waals surface area (Å²) in [5.74, 6) is 0. The van der Waals surface area contributed by atoms with E-state index in [1.54, 1.807) is 0 Å². The van der Waals surface area contributed by atoms with Crippen LogP contribution < -0.4 is 0 Å². The lowest BCUT2D eigenvalue weighted by molar-refractivity contribution is -0.0322. The van der Waals surface area contributed by atoms with Crippen LogP contribution in [0.15, 0.2) is 25.3 Å². The Labute approximate surface area is 212 Å². The first kappa shape index (κ1) is 31.4. The number of alkyl halides is 2. The van der Waals surface area contributed by atoms with Crippen LogP contribution in [0.25, 0.3) is 0 Å². The van der Waals surface area contributed by atoms with E-state index >= 15 is 0 Å². The molecule has 0 aromatic carbocycles. The van der Waals surface area contributed by atoms with Gasteiger partial charge >= 0.3 is 0 Å².